The summed E-state index contributed by atoms with van der Waals surface area (Å²) in [6.07, 6.45) is 0.154. The number of hydrogen-bond donors (Lipinski definition) is 3. The Morgan fingerprint density at radius 3 is 2.50 bits per heavy atom. The normalized spacial score (nSPS) is 17.2. The molecule has 3 nitrogen and oxygen atoms in total. The zero-order chi connectivity index (χ0) is 6.97. The van der Waals surface area contributed by atoms with Gasteiger partial charge in [0.1, 0.15) is 11.9 Å². The monoisotopic (exact) mass is 136 g/mol. The Kier molecular flexibility index (Phi) is 1.12. The van der Waals surface area contributed by atoms with E-state index in [4.69, 9.17) is 0 Å². The Balaban J connectivity index is 2.39. The van der Waals surface area contributed by atoms with Crippen molar-refractivity contribution in [2.45, 2.75) is 6.17 Å². The molecule has 3 heteroatoms. The van der Waals surface area contributed by atoms with Gasteiger partial charge in [-0.1, -0.05) is 18.2 Å². The van der Waals surface area contributed by atoms with Gasteiger partial charge in [-0.25, -0.2) is 10.9 Å². The topological polar surface area (TPSA) is 64.1 Å². The first kappa shape index (κ1) is 5.70. The van der Waals surface area contributed by atoms with Gasteiger partial charge in [-0.05, 0) is 6.07 Å². The zero-order valence-electron chi connectivity index (χ0n) is 5.33. The van der Waals surface area contributed by atoms with Crippen LogP contribution in [0.5, 0.6) is 5.75 Å². The standard InChI is InChI=1S/C7H8N2O/c10-6-4-2-1-3-5(6)7-8-9-7/h1-4,7-10H. The second-order valence-corrected chi connectivity index (χ2v) is 2.28. The van der Waals surface area contributed by atoms with Crippen molar-refractivity contribution in [3.8, 4) is 5.75 Å². The van der Waals surface area contributed by atoms with Crippen LogP contribution in [0, 0.1) is 0 Å². The fourth-order valence-corrected chi connectivity index (χ4v) is 0.929. The largest absolute Gasteiger partial charge is 0.508 e. The maximum Gasteiger partial charge on any atom is 0.121 e. The number of phenols is 1. The summed E-state index contributed by atoms with van der Waals surface area (Å²) in [6.45, 7) is 0. The van der Waals surface area contributed by atoms with Gasteiger partial charge in [-0.2, -0.15) is 0 Å². The molecule has 1 aliphatic heterocycles. The van der Waals surface area contributed by atoms with Crippen LogP contribution in [0.3, 0.4) is 0 Å². The zero-order valence-corrected chi connectivity index (χ0v) is 5.33. The lowest BCUT2D eigenvalue weighted by atomic mass is 10.2. The SMILES string of the molecule is Oc1ccccc1C1NN1. The van der Waals surface area contributed by atoms with Gasteiger partial charge in [0, 0.05) is 5.56 Å². The number of para-hydroxylation sites is 1. The van der Waals surface area contributed by atoms with E-state index in [1.165, 1.54) is 0 Å². The summed E-state index contributed by atoms with van der Waals surface area (Å²) in [5.74, 6) is 0.338. The fraction of sp³-hybridized carbons (Fsp3) is 0.143. The molecule has 0 bridgehead atoms. The molecule has 1 aliphatic rings. The Morgan fingerprint density at radius 1 is 1.20 bits per heavy atom. The summed E-state index contributed by atoms with van der Waals surface area (Å²) in [7, 11) is 0. The average molecular weight is 136 g/mol. The maximum absolute atomic E-state index is 9.24. The van der Waals surface area contributed by atoms with E-state index in [9.17, 15) is 5.11 Å². The van der Waals surface area contributed by atoms with Crippen molar-refractivity contribution >= 4 is 0 Å². The smallest absolute Gasteiger partial charge is 0.121 e. The van der Waals surface area contributed by atoms with Crippen molar-refractivity contribution in [1.82, 2.24) is 10.9 Å². The van der Waals surface area contributed by atoms with Crippen molar-refractivity contribution in [3.05, 3.63) is 29.8 Å². The van der Waals surface area contributed by atoms with Crippen LogP contribution in [0.4, 0.5) is 0 Å². The van der Waals surface area contributed by atoms with Crippen molar-refractivity contribution in [3.63, 3.8) is 0 Å². The second-order valence-electron chi connectivity index (χ2n) is 2.28. The molecule has 0 aromatic heterocycles. The lowest BCUT2D eigenvalue weighted by molar-refractivity contribution is 0.467. The van der Waals surface area contributed by atoms with E-state index in [1.807, 2.05) is 12.1 Å². The van der Waals surface area contributed by atoms with Crippen LogP contribution in [0.15, 0.2) is 24.3 Å². The molecule has 0 aliphatic carbocycles. The quantitative estimate of drug-likeness (QED) is 0.492. The highest BCUT2D eigenvalue weighted by Gasteiger charge is 2.23. The molecule has 1 heterocycles. The molecule has 0 unspecified atom stereocenters. The van der Waals surface area contributed by atoms with Crippen LogP contribution in [-0.2, 0) is 0 Å². The maximum atomic E-state index is 9.24. The number of aromatic hydroxyl groups is 1. The van der Waals surface area contributed by atoms with Gasteiger partial charge in [0.25, 0.3) is 0 Å². The fourth-order valence-electron chi connectivity index (χ4n) is 0.929. The van der Waals surface area contributed by atoms with Gasteiger partial charge in [-0.3, -0.25) is 0 Å². The molecule has 0 radical (unpaired) electrons. The molecule has 0 amide bonds. The molecule has 3 N–H and O–H groups in total. The van der Waals surface area contributed by atoms with Gasteiger partial charge < -0.3 is 5.11 Å². The van der Waals surface area contributed by atoms with Crippen molar-refractivity contribution in [1.29, 1.82) is 0 Å². The molecular weight excluding hydrogens is 128 g/mol. The first-order valence-electron chi connectivity index (χ1n) is 3.17. The predicted octanol–water partition coefficient (Wildman–Crippen LogP) is 0.499. The highest BCUT2D eigenvalue weighted by Crippen LogP contribution is 2.25. The average Bonchev–Trinajstić information content (AvgIpc) is 2.71. The van der Waals surface area contributed by atoms with Crippen LogP contribution < -0.4 is 10.9 Å². The number of rotatable bonds is 1. The Labute approximate surface area is 58.7 Å². The van der Waals surface area contributed by atoms with Gasteiger partial charge in [0.2, 0.25) is 0 Å². The molecule has 2 rings (SSSR count). The minimum Gasteiger partial charge on any atom is -0.508 e. The predicted molar refractivity (Wildman–Crippen MR) is 37.1 cm³/mol. The summed E-state index contributed by atoms with van der Waals surface area (Å²) in [5, 5.41) is 9.24. The highest BCUT2D eigenvalue weighted by atomic mass is 16.3. The third kappa shape index (κ3) is 0.853. The van der Waals surface area contributed by atoms with Crippen molar-refractivity contribution < 1.29 is 5.11 Å². The molecule has 1 fully saturated rings. The summed E-state index contributed by atoms with van der Waals surface area (Å²) >= 11 is 0. The molecule has 10 heavy (non-hydrogen) atoms. The van der Waals surface area contributed by atoms with Crippen LogP contribution in [-0.4, -0.2) is 5.11 Å². The summed E-state index contributed by atoms with van der Waals surface area (Å²) < 4.78 is 0. The first-order chi connectivity index (χ1) is 4.88. The first-order valence-corrected chi connectivity index (χ1v) is 3.17. The van der Waals surface area contributed by atoms with Crippen LogP contribution in [0.2, 0.25) is 0 Å². The highest BCUT2D eigenvalue weighted by molar-refractivity contribution is 5.35. The lowest BCUT2D eigenvalue weighted by Gasteiger charge is -1.96. The third-order valence-corrected chi connectivity index (χ3v) is 1.54. The Bertz CT molecular complexity index is 245. The molecule has 1 aromatic rings. The summed E-state index contributed by atoms with van der Waals surface area (Å²) in [6, 6.07) is 7.27. The minimum absolute atomic E-state index is 0.154. The van der Waals surface area contributed by atoms with Crippen molar-refractivity contribution in [2.75, 3.05) is 0 Å². The third-order valence-electron chi connectivity index (χ3n) is 1.54. The molecule has 0 saturated carbocycles. The number of benzene rings is 1. The van der Waals surface area contributed by atoms with Crippen LogP contribution in [0.25, 0.3) is 0 Å². The lowest BCUT2D eigenvalue weighted by Crippen LogP contribution is -1.84. The van der Waals surface area contributed by atoms with E-state index >= 15 is 0 Å². The van der Waals surface area contributed by atoms with E-state index in [0.29, 0.717) is 5.75 Å². The Morgan fingerprint density at radius 2 is 1.90 bits per heavy atom. The van der Waals surface area contributed by atoms with Crippen LogP contribution in [0.1, 0.15) is 11.7 Å². The van der Waals surface area contributed by atoms with Gasteiger partial charge >= 0.3 is 0 Å². The van der Waals surface area contributed by atoms with Gasteiger partial charge in [0.15, 0.2) is 0 Å². The van der Waals surface area contributed by atoms with E-state index in [0.717, 1.165) is 5.56 Å². The minimum atomic E-state index is 0.154. The van der Waals surface area contributed by atoms with Gasteiger partial charge in [-0.15, -0.1) is 0 Å². The van der Waals surface area contributed by atoms with E-state index < -0.39 is 0 Å². The van der Waals surface area contributed by atoms with Gasteiger partial charge in [0.05, 0.1) is 0 Å². The molecule has 0 atom stereocenters. The second kappa shape index (κ2) is 1.97. The number of hydrazine groups is 1. The summed E-state index contributed by atoms with van der Waals surface area (Å²) in [5.41, 5.74) is 6.67. The van der Waals surface area contributed by atoms with E-state index in [-0.39, 0.29) is 6.17 Å². The van der Waals surface area contributed by atoms with E-state index in [1.54, 1.807) is 12.1 Å². The number of hydrogen-bond acceptors (Lipinski definition) is 3. The van der Waals surface area contributed by atoms with Crippen molar-refractivity contribution in [2.24, 2.45) is 0 Å². The number of nitrogens with one attached hydrogen (secondary N) is 2. The number of phenolic OH excluding ortho intramolecular Hbond substituents is 1. The molecule has 0 spiro atoms. The molecular formula is C7H8N2O. The Hall–Kier alpha value is -1.06. The molecule has 1 saturated heterocycles. The van der Waals surface area contributed by atoms with E-state index in [2.05, 4.69) is 10.9 Å². The summed E-state index contributed by atoms with van der Waals surface area (Å²) in [4.78, 5) is 0. The molecule has 52 valence electrons. The van der Waals surface area contributed by atoms with Crippen LogP contribution >= 0.6 is 0 Å². The molecule has 1 aromatic carbocycles.